The van der Waals surface area contributed by atoms with Crippen molar-refractivity contribution in [2.75, 3.05) is 6.54 Å². The summed E-state index contributed by atoms with van der Waals surface area (Å²) in [6.45, 7) is 11.2. The van der Waals surface area contributed by atoms with Crippen molar-refractivity contribution in [2.45, 2.75) is 53.2 Å². The van der Waals surface area contributed by atoms with Crippen LogP contribution in [0.25, 0.3) is 0 Å². The first kappa shape index (κ1) is 13.3. The van der Waals surface area contributed by atoms with Gasteiger partial charge in [0.1, 0.15) is 11.5 Å². The van der Waals surface area contributed by atoms with Gasteiger partial charge in [0, 0.05) is 18.2 Å². The molecule has 3 heteroatoms. The van der Waals surface area contributed by atoms with E-state index in [-0.39, 0.29) is 0 Å². The maximum Gasteiger partial charge on any atom is 0.118 e. The molecule has 92 valence electrons. The van der Waals surface area contributed by atoms with Gasteiger partial charge in [0.25, 0.3) is 0 Å². The lowest BCUT2D eigenvalue weighted by atomic mass is 10.1. The van der Waals surface area contributed by atoms with E-state index in [1.165, 1.54) is 12.0 Å². The van der Waals surface area contributed by atoms with E-state index in [1.807, 2.05) is 6.92 Å². The van der Waals surface area contributed by atoms with Gasteiger partial charge < -0.3 is 10.2 Å². The molecule has 1 aromatic rings. The Labute approximate surface area is 98.6 Å². The van der Waals surface area contributed by atoms with Gasteiger partial charge in [0.15, 0.2) is 0 Å². The van der Waals surface area contributed by atoms with Gasteiger partial charge in [-0.25, -0.2) is 0 Å². The van der Waals surface area contributed by atoms with Crippen molar-refractivity contribution < 1.29 is 4.42 Å². The second-order valence-corrected chi connectivity index (χ2v) is 4.32. The van der Waals surface area contributed by atoms with Gasteiger partial charge in [-0.05, 0) is 32.9 Å². The highest BCUT2D eigenvalue weighted by Crippen LogP contribution is 2.18. The molecule has 0 amide bonds. The van der Waals surface area contributed by atoms with Gasteiger partial charge in [0.2, 0.25) is 0 Å². The summed E-state index contributed by atoms with van der Waals surface area (Å²) < 4.78 is 5.57. The van der Waals surface area contributed by atoms with Gasteiger partial charge in [-0.2, -0.15) is 0 Å². The number of nitrogens with zero attached hydrogens (tertiary/aromatic N) is 1. The summed E-state index contributed by atoms with van der Waals surface area (Å²) in [6, 6.07) is 2.70. The molecular formula is C13H24N2O. The molecule has 0 bridgehead atoms. The van der Waals surface area contributed by atoms with Gasteiger partial charge in [-0.15, -0.1) is 0 Å². The van der Waals surface area contributed by atoms with Crippen molar-refractivity contribution in [1.29, 1.82) is 0 Å². The van der Waals surface area contributed by atoms with E-state index in [1.54, 1.807) is 0 Å². The Morgan fingerprint density at radius 3 is 2.56 bits per heavy atom. The van der Waals surface area contributed by atoms with Crippen LogP contribution in [0.1, 0.15) is 44.3 Å². The van der Waals surface area contributed by atoms with Crippen LogP contribution < -0.4 is 5.73 Å². The van der Waals surface area contributed by atoms with Gasteiger partial charge in [-0.1, -0.05) is 13.8 Å². The Balaban J connectivity index is 2.73. The quantitative estimate of drug-likeness (QED) is 0.807. The van der Waals surface area contributed by atoms with Gasteiger partial charge in [-0.3, -0.25) is 4.90 Å². The summed E-state index contributed by atoms with van der Waals surface area (Å²) >= 11 is 0. The topological polar surface area (TPSA) is 42.4 Å². The lowest BCUT2D eigenvalue weighted by Gasteiger charge is -2.26. The van der Waals surface area contributed by atoms with Crippen molar-refractivity contribution in [3.63, 3.8) is 0 Å². The molecule has 1 heterocycles. The third kappa shape index (κ3) is 3.09. The number of rotatable bonds is 6. The molecule has 0 saturated carbocycles. The van der Waals surface area contributed by atoms with Crippen molar-refractivity contribution in [2.24, 2.45) is 5.73 Å². The zero-order valence-electron chi connectivity index (χ0n) is 10.9. The predicted octanol–water partition coefficient (Wildman–Crippen LogP) is 2.67. The van der Waals surface area contributed by atoms with Crippen LogP contribution in [0.5, 0.6) is 0 Å². The average Bonchev–Trinajstić information content (AvgIpc) is 2.66. The fourth-order valence-corrected chi connectivity index (χ4v) is 1.90. The zero-order chi connectivity index (χ0) is 12.1. The number of aryl methyl sites for hydroxylation is 1. The van der Waals surface area contributed by atoms with Crippen molar-refractivity contribution >= 4 is 0 Å². The first-order valence-corrected chi connectivity index (χ1v) is 6.14. The maximum absolute atomic E-state index is 5.57. The Morgan fingerprint density at radius 2 is 2.12 bits per heavy atom. The molecule has 3 nitrogen and oxygen atoms in total. The Kier molecular flexibility index (Phi) is 5.03. The first-order valence-electron chi connectivity index (χ1n) is 6.14. The van der Waals surface area contributed by atoms with Crippen LogP contribution in [0.4, 0.5) is 0 Å². The molecule has 2 N–H and O–H groups in total. The number of hydrogen-bond acceptors (Lipinski definition) is 3. The summed E-state index contributed by atoms with van der Waals surface area (Å²) in [4.78, 5) is 2.46. The SMILES string of the molecule is CCC(C)N(CC)Cc1cc(CN)oc1C. The number of nitrogens with two attached hydrogens (primary N) is 1. The highest BCUT2D eigenvalue weighted by Gasteiger charge is 2.14. The molecule has 0 saturated heterocycles. The molecule has 0 aromatic carbocycles. The monoisotopic (exact) mass is 224 g/mol. The van der Waals surface area contributed by atoms with E-state index < -0.39 is 0 Å². The lowest BCUT2D eigenvalue weighted by molar-refractivity contribution is 0.205. The highest BCUT2D eigenvalue weighted by atomic mass is 16.3. The predicted molar refractivity (Wildman–Crippen MR) is 67.2 cm³/mol. The molecule has 0 spiro atoms. The Bertz CT molecular complexity index is 320. The third-order valence-corrected chi connectivity index (χ3v) is 3.27. The lowest BCUT2D eigenvalue weighted by Crippen LogP contribution is -2.31. The second-order valence-electron chi connectivity index (χ2n) is 4.32. The molecule has 1 rings (SSSR count). The maximum atomic E-state index is 5.57. The number of hydrogen-bond donors (Lipinski definition) is 1. The molecule has 1 unspecified atom stereocenters. The standard InChI is InChI=1S/C13H24N2O/c1-5-10(3)15(6-2)9-12-7-13(8-14)16-11(12)4/h7,10H,5-6,8-9,14H2,1-4H3. The Morgan fingerprint density at radius 1 is 1.44 bits per heavy atom. The van der Waals surface area contributed by atoms with Gasteiger partial charge in [0.05, 0.1) is 6.54 Å². The minimum Gasteiger partial charge on any atom is -0.465 e. The highest BCUT2D eigenvalue weighted by molar-refractivity contribution is 5.20. The van der Waals surface area contributed by atoms with E-state index in [0.29, 0.717) is 12.6 Å². The van der Waals surface area contributed by atoms with Crippen LogP contribution >= 0.6 is 0 Å². The van der Waals surface area contributed by atoms with Crippen LogP contribution in [0.3, 0.4) is 0 Å². The number of furan rings is 1. The van der Waals surface area contributed by atoms with E-state index in [4.69, 9.17) is 10.2 Å². The molecule has 1 aromatic heterocycles. The summed E-state index contributed by atoms with van der Waals surface area (Å²) in [5, 5.41) is 0. The van der Waals surface area contributed by atoms with E-state index in [0.717, 1.165) is 24.6 Å². The molecule has 0 fully saturated rings. The van der Waals surface area contributed by atoms with Crippen LogP contribution in [0, 0.1) is 6.92 Å². The third-order valence-electron chi connectivity index (χ3n) is 3.27. The fraction of sp³-hybridized carbons (Fsp3) is 0.692. The zero-order valence-corrected chi connectivity index (χ0v) is 10.9. The van der Waals surface area contributed by atoms with Crippen molar-refractivity contribution in [1.82, 2.24) is 4.90 Å². The minimum absolute atomic E-state index is 0.482. The van der Waals surface area contributed by atoms with Crippen LogP contribution in [0.15, 0.2) is 10.5 Å². The molecule has 0 aliphatic heterocycles. The normalized spacial score (nSPS) is 13.4. The van der Waals surface area contributed by atoms with Gasteiger partial charge >= 0.3 is 0 Å². The van der Waals surface area contributed by atoms with Crippen LogP contribution in [0.2, 0.25) is 0 Å². The summed E-state index contributed by atoms with van der Waals surface area (Å²) in [5.41, 5.74) is 6.84. The van der Waals surface area contributed by atoms with E-state index in [2.05, 4.69) is 31.7 Å². The summed E-state index contributed by atoms with van der Waals surface area (Å²) in [6.07, 6.45) is 1.18. The average molecular weight is 224 g/mol. The van der Waals surface area contributed by atoms with Crippen molar-refractivity contribution in [3.05, 3.63) is 23.2 Å². The largest absolute Gasteiger partial charge is 0.465 e. The van der Waals surface area contributed by atoms with E-state index in [9.17, 15) is 0 Å². The molecule has 0 aliphatic rings. The second kappa shape index (κ2) is 6.06. The minimum atomic E-state index is 0.482. The molecule has 0 aliphatic carbocycles. The molecule has 0 radical (unpaired) electrons. The van der Waals surface area contributed by atoms with Crippen LogP contribution in [-0.2, 0) is 13.1 Å². The molecular weight excluding hydrogens is 200 g/mol. The summed E-state index contributed by atoms with van der Waals surface area (Å²) in [7, 11) is 0. The molecule has 16 heavy (non-hydrogen) atoms. The Hall–Kier alpha value is -0.800. The van der Waals surface area contributed by atoms with Crippen molar-refractivity contribution in [3.8, 4) is 0 Å². The first-order chi connectivity index (χ1) is 7.62. The smallest absolute Gasteiger partial charge is 0.118 e. The fourth-order valence-electron chi connectivity index (χ4n) is 1.90. The summed E-state index contributed by atoms with van der Waals surface area (Å²) in [5.74, 6) is 1.88. The molecule has 1 atom stereocenters. The van der Waals surface area contributed by atoms with Crippen LogP contribution in [-0.4, -0.2) is 17.5 Å². The van der Waals surface area contributed by atoms with E-state index >= 15 is 0 Å².